The van der Waals surface area contributed by atoms with E-state index in [0.717, 1.165) is 17.9 Å². The van der Waals surface area contributed by atoms with Crippen LogP contribution in [0.2, 0.25) is 0 Å². The largest absolute Gasteiger partial charge is 0.303 e. The zero-order valence-electron chi connectivity index (χ0n) is 9.13. The van der Waals surface area contributed by atoms with E-state index in [4.69, 9.17) is 0 Å². The van der Waals surface area contributed by atoms with Crippen molar-refractivity contribution >= 4 is 0 Å². The molecule has 1 heteroatoms. The zero-order valence-corrected chi connectivity index (χ0v) is 9.13. The first kappa shape index (κ1) is 9.51. The van der Waals surface area contributed by atoms with E-state index >= 15 is 0 Å². The summed E-state index contributed by atoms with van der Waals surface area (Å²) in [6.07, 6.45) is 8.81. The van der Waals surface area contributed by atoms with Crippen LogP contribution < -0.4 is 0 Å². The Labute approximate surface area is 82.5 Å². The number of fused-ring (bicyclic) bond motifs is 1. The maximum Gasteiger partial charge on any atom is 0.0123 e. The molecule has 1 saturated heterocycles. The molecule has 3 unspecified atom stereocenters. The molecule has 2 fully saturated rings. The van der Waals surface area contributed by atoms with Gasteiger partial charge in [-0.05, 0) is 44.7 Å². The number of nitrogens with zero attached hydrogens (tertiary/aromatic N) is 1. The van der Waals surface area contributed by atoms with Crippen molar-refractivity contribution in [3.8, 4) is 0 Å². The van der Waals surface area contributed by atoms with Gasteiger partial charge in [0.1, 0.15) is 0 Å². The van der Waals surface area contributed by atoms with Gasteiger partial charge in [0.05, 0.1) is 0 Å². The highest BCUT2D eigenvalue weighted by Gasteiger charge is 2.36. The van der Waals surface area contributed by atoms with E-state index in [1.807, 2.05) is 0 Å². The lowest BCUT2D eigenvalue weighted by molar-refractivity contribution is 0.0360. The SMILES string of the molecule is CCC1CCN(C)C2CCCCC12. The van der Waals surface area contributed by atoms with Crippen LogP contribution in [0.1, 0.15) is 45.4 Å². The van der Waals surface area contributed by atoms with E-state index in [2.05, 4.69) is 18.9 Å². The Bertz CT molecular complexity index is 167. The third kappa shape index (κ3) is 1.76. The van der Waals surface area contributed by atoms with Crippen molar-refractivity contribution in [3.63, 3.8) is 0 Å². The van der Waals surface area contributed by atoms with Crippen molar-refractivity contribution < 1.29 is 0 Å². The van der Waals surface area contributed by atoms with Crippen LogP contribution in [-0.4, -0.2) is 24.5 Å². The minimum absolute atomic E-state index is 0.937. The van der Waals surface area contributed by atoms with Gasteiger partial charge in [-0.25, -0.2) is 0 Å². The van der Waals surface area contributed by atoms with Gasteiger partial charge >= 0.3 is 0 Å². The van der Waals surface area contributed by atoms with E-state index in [-0.39, 0.29) is 0 Å². The Kier molecular flexibility index (Phi) is 2.92. The lowest BCUT2D eigenvalue weighted by Gasteiger charge is -2.46. The second kappa shape index (κ2) is 4.00. The maximum absolute atomic E-state index is 2.62. The second-order valence-electron chi connectivity index (χ2n) is 4.95. The summed E-state index contributed by atoms with van der Waals surface area (Å²) in [5.41, 5.74) is 0. The minimum Gasteiger partial charge on any atom is -0.303 e. The van der Waals surface area contributed by atoms with Crippen LogP contribution in [0, 0.1) is 11.8 Å². The van der Waals surface area contributed by atoms with E-state index in [9.17, 15) is 0 Å². The molecule has 0 aromatic heterocycles. The lowest BCUT2D eigenvalue weighted by Crippen LogP contribution is -2.48. The topological polar surface area (TPSA) is 3.24 Å². The van der Waals surface area contributed by atoms with E-state index < -0.39 is 0 Å². The predicted octanol–water partition coefficient (Wildman–Crippen LogP) is 2.91. The second-order valence-corrected chi connectivity index (χ2v) is 4.95. The van der Waals surface area contributed by atoms with Gasteiger partial charge in [0.15, 0.2) is 0 Å². The molecule has 1 aliphatic carbocycles. The summed E-state index contributed by atoms with van der Waals surface area (Å²) >= 11 is 0. The molecule has 0 spiro atoms. The van der Waals surface area contributed by atoms with Crippen LogP contribution in [0.15, 0.2) is 0 Å². The molecule has 3 atom stereocenters. The van der Waals surface area contributed by atoms with Gasteiger partial charge in [-0.3, -0.25) is 0 Å². The molecule has 0 bridgehead atoms. The smallest absolute Gasteiger partial charge is 0.0123 e. The number of likely N-dealkylation sites (tertiary alicyclic amines) is 1. The third-order valence-corrected chi connectivity index (χ3v) is 4.33. The molecule has 0 radical (unpaired) electrons. The first-order valence-corrected chi connectivity index (χ1v) is 6.03. The Hall–Kier alpha value is -0.0400. The Morgan fingerprint density at radius 3 is 2.69 bits per heavy atom. The van der Waals surface area contributed by atoms with Crippen molar-refractivity contribution in [2.24, 2.45) is 11.8 Å². The average molecular weight is 181 g/mol. The van der Waals surface area contributed by atoms with Gasteiger partial charge in [-0.15, -0.1) is 0 Å². The molecule has 13 heavy (non-hydrogen) atoms. The van der Waals surface area contributed by atoms with Crippen LogP contribution >= 0.6 is 0 Å². The summed E-state index contributed by atoms with van der Waals surface area (Å²) in [7, 11) is 2.33. The maximum atomic E-state index is 2.62. The molecule has 1 heterocycles. The van der Waals surface area contributed by atoms with E-state index in [1.54, 1.807) is 0 Å². The summed E-state index contributed by atoms with van der Waals surface area (Å²) < 4.78 is 0. The zero-order chi connectivity index (χ0) is 9.26. The van der Waals surface area contributed by atoms with Gasteiger partial charge in [0.2, 0.25) is 0 Å². The highest BCUT2D eigenvalue weighted by atomic mass is 15.1. The number of piperidine rings is 1. The van der Waals surface area contributed by atoms with Crippen molar-refractivity contribution in [2.45, 2.75) is 51.5 Å². The molecule has 0 N–H and O–H groups in total. The molecule has 1 aliphatic heterocycles. The fourth-order valence-corrected chi connectivity index (χ4v) is 3.49. The van der Waals surface area contributed by atoms with Crippen LogP contribution in [0.25, 0.3) is 0 Å². The van der Waals surface area contributed by atoms with Crippen LogP contribution in [0.4, 0.5) is 0 Å². The summed E-state index contributed by atoms with van der Waals surface area (Å²) in [6.45, 7) is 3.72. The normalized spacial score (nSPS) is 41.5. The van der Waals surface area contributed by atoms with Crippen molar-refractivity contribution in [2.75, 3.05) is 13.6 Å². The number of rotatable bonds is 1. The average Bonchev–Trinajstić information content (AvgIpc) is 2.19. The first-order valence-electron chi connectivity index (χ1n) is 6.03. The van der Waals surface area contributed by atoms with Crippen molar-refractivity contribution in [3.05, 3.63) is 0 Å². The lowest BCUT2D eigenvalue weighted by atomic mass is 9.71. The summed E-state index contributed by atoms with van der Waals surface area (Å²) in [5, 5.41) is 0. The van der Waals surface area contributed by atoms with E-state index in [0.29, 0.717) is 0 Å². The summed E-state index contributed by atoms with van der Waals surface area (Å²) in [6, 6.07) is 0.937. The molecule has 0 aromatic carbocycles. The standard InChI is InChI=1S/C12H23N/c1-3-10-8-9-13(2)12-7-5-4-6-11(10)12/h10-12H,3-9H2,1-2H3. The fraction of sp³-hybridized carbons (Fsp3) is 1.00. The Balaban J connectivity index is 2.05. The van der Waals surface area contributed by atoms with Gasteiger partial charge in [0, 0.05) is 6.04 Å². The molecular weight excluding hydrogens is 158 g/mol. The number of hydrogen-bond acceptors (Lipinski definition) is 1. The minimum atomic E-state index is 0.937. The molecule has 1 saturated carbocycles. The van der Waals surface area contributed by atoms with Gasteiger partial charge in [-0.2, -0.15) is 0 Å². The van der Waals surface area contributed by atoms with Gasteiger partial charge in [0.25, 0.3) is 0 Å². The molecule has 0 amide bonds. The predicted molar refractivity (Wildman–Crippen MR) is 56.8 cm³/mol. The molecule has 76 valence electrons. The monoisotopic (exact) mass is 181 g/mol. The van der Waals surface area contributed by atoms with Crippen LogP contribution in [-0.2, 0) is 0 Å². The van der Waals surface area contributed by atoms with Gasteiger partial charge < -0.3 is 4.90 Å². The van der Waals surface area contributed by atoms with Gasteiger partial charge in [-0.1, -0.05) is 26.2 Å². The van der Waals surface area contributed by atoms with Crippen molar-refractivity contribution in [1.29, 1.82) is 0 Å². The summed E-state index contributed by atoms with van der Waals surface area (Å²) in [4.78, 5) is 2.62. The van der Waals surface area contributed by atoms with Crippen LogP contribution in [0.5, 0.6) is 0 Å². The molecule has 2 aliphatic rings. The van der Waals surface area contributed by atoms with E-state index in [1.165, 1.54) is 45.1 Å². The Morgan fingerprint density at radius 2 is 1.92 bits per heavy atom. The molecule has 0 aromatic rings. The molecule has 2 rings (SSSR count). The quantitative estimate of drug-likeness (QED) is 0.601. The Morgan fingerprint density at radius 1 is 1.15 bits per heavy atom. The number of hydrogen-bond donors (Lipinski definition) is 0. The summed E-state index contributed by atoms with van der Waals surface area (Å²) in [5.74, 6) is 2.08. The highest BCUT2D eigenvalue weighted by Crippen LogP contribution is 2.39. The molecular formula is C12H23N. The fourth-order valence-electron chi connectivity index (χ4n) is 3.49. The van der Waals surface area contributed by atoms with Crippen LogP contribution in [0.3, 0.4) is 0 Å². The first-order chi connectivity index (χ1) is 6.33. The van der Waals surface area contributed by atoms with Crippen molar-refractivity contribution in [1.82, 2.24) is 4.90 Å². The molecule has 1 nitrogen and oxygen atoms in total. The highest BCUT2D eigenvalue weighted by molar-refractivity contribution is 4.89. The third-order valence-electron chi connectivity index (χ3n) is 4.33.